The van der Waals surface area contributed by atoms with Crippen LogP contribution in [-0.4, -0.2) is 14.8 Å². The molecule has 1 aromatic heterocycles. The molecule has 0 unspecified atom stereocenters. The second-order valence-electron chi connectivity index (χ2n) is 3.30. The molecule has 0 atom stereocenters. The maximum absolute atomic E-state index is 9.06. The van der Waals surface area contributed by atoms with E-state index >= 15 is 0 Å². The zero-order valence-electron chi connectivity index (χ0n) is 8.88. The molecule has 0 fully saturated rings. The molecule has 0 aliphatic heterocycles. The van der Waals surface area contributed by atoms with Gasteiger partial charge in [0.25, 0.3) is 0 Å². The van der Waals surface area contributed by atoms with Crippen LogP contribution in [0, 0.1) is 18.3 Å². The Morgan fingerprint density at radius 1 is 1.50 bits per heavy atom. The SMILES string of the molecule is C=Cc1cccc(C#N)c1-n1cnc(C)n1. The minimum Gasteiger partial charge on any atom is -0.220 e. The predicted molar refractivity (Wildman–Crippen MR) is 60.9 cm³/mol. The normalized spacial score (nSPS) is 9.75. The number of nitriles is 1. The summed E-state index contributed by atoms with van der Waals surface area (Å²) in [5, 5.41) is 13.3. The van der Waals surface area contributed by atoms with Crippen molar-refractivity contribution in [2.24, 2.45) is 0 Å². The van der Waals surface area contributed by atoms with E-state index in [4.69, 9.17) is 5.26 Å². The Morgan fingerprint density at radius 3 is 2.88 bits per heavy atom. The highest BCUT2D eigenvalue weighted by molar-refractivity contribution is 5.64. The van der Waals surface area contributed by atoms with Gasteiger partial charge >= 0.3 is 0 Å². The summed E-state index contributed by atoms with van der Waals surface area (Å²) >= 11 is 0. The van der Waals surface area contributed by atoms with E-state index in [9.17, 15) is 0 Å². The number of benzene rings is 1. The molecule has 0 saturated heterocycles. The lowest BCUT2D eigenvalue weighted by molar-refractivity contribution is 0.858. The van der Waals surface area contributed by atoms with E-state index < -0.39 is 0 Å². The van der Waals surface area contributed by atoms with Crippen molar-refractivity contribution in [1.29, 1.82) is 5.26 Å². The van der Waals surface area contributed by atoms with Gasteiger partial charge in [0.2, 0.25) is 0 Å². The van der Waals surface area contributed by atoms with Gasteiger partial charge in [0.1, 0.15) is 18.2 Å². The van der Waals surface area contributed by atoms with Crippen molar-refractivity contribution in [2.75, 3.05) is 0 Å². The molecule has 0 bridgehead atoms. The summed E-state index contributed by atoms with van der Waals surface area (Å²) in [6.45, 7) is 5.53. The topological polar surface area (TPSA) is 54.5 Å². The monoisotopic (exact) mass is 210 g/mol. The van der Waals surface area contributed by atoms with Crippen molar-refractivity contribution >= 4 is 6.08 Å². The molecule has 0 saturated carbocycles. The molecule has 78 valence electrons. The number of hydrogen-bond acceptors (Lipinski definition) is 3. The molecule has 2 rings (SSSR count). The molecule has 1 aromatic carbocycles. The summed E-state index contributed by atoms with van der Waals surface area (Å²) in [4.78, 5) is 4.05. The number of rotatable bonds is 2. The highest BCUT2D eigenvalue weighted by atomic mass is 15.3. The Balaban J connectivity index is 2.71. The molecular formula is C12H10N4. The Bertz CT molecular complexity index is 575. The first-order chi connectivity index (χ1) is 7.76. The van der Waals surface area contributed by atoms with Gasteiger partial charge in [-0.15, -0.1) is 0 Å². The van der Waals surface area contributed by atoms with Crippen LogP contribution in [0.3, 0.4) is 0 Å². The molecule has 4 nitrogen and oxygen atoms in total. The molecule has 0 spiro atoms. The lowest BCUT2D eigenvalue weighted by atomic mass is 10.1. The number of hydrogen-bond donors (Lipinski definition) is 0. The average molecular weight is 210 g/mol. The van der Waals surface area contributed by atoms with Crippen molar-refractivity contribution in [2.45, 2.75) is 6.92 Å². The van der Waals surface area contributed by atoms with Gasteiger partial charge in [-0.25, -0.2) is 9.67 Å². The van der Waals surface area contributed by atoms with Gasteiger partial charge in [0.05, 0.1) is 11.3 Å². The van der Waals surface area contributed by atoms with Crippen LogP contribution in [0.5, 0.6) is 0 Å². The van der Waals surface area contributed by atoms with Gasteiger partial charge in [-0.3, -0.25) is 0 Å². The first-order valence-electron chi connectivity index (χ1n) is 4.80. The van der Waals surface area contributed by atoms with Gasteiger partial charge < -0.3 is 0 Å². The first-order valence-corrected chi connectivity index (χ1v) is 4.80. The largest absolute Gasteiger partial charge is 0.220 e. The predicted octanol–water partition coefficient (Wildman–Crippen LogP) is 2.09. The highest BCUT2D eigenvalue weighted by Gasteiger charge is 2.09. The van der Waals surface area contributed by atoms with Crippen LogP contribution in [0.25, 0.3) is 11.8 Å². The third kappa shape index (κ3) is 1.59. The minimum atomic E-state index is 0.558. The van der Waals surface area contributed by atoms with Crippen molar-refractivity contribution in [1.82, 2.24) is 14.8 Å². The van der Waals surface area contributed by atoms with E-state index in [1.807, 2.05) is 12.1 Å². The lowest BCUT2D eigenvalue weighted by Gasteiger charge is -2.06. The third-order valence-electron chi connectivity index (χ3n) is 2.24. The van der Waals surface area contributed by atoms with Crippen molar-refractivity contribution in [3.63, 3.8) is 0 Å². The maximum atomic E-state index is 9.06. The molecule has 1 heterocycles. The van der Waals surface area contributed by atoms with Crippen molar-refractivity contribution < 1.29 is 0 Å². The summed E-state index contributed by atoms with van der Waals surface area (Å²) in [6.07, 6.45) is 3.30. The Hall–Kier alpha value is -2.41. The fourth-order valence-corrected chi connectivity index (χ4v) is 1.53. The highest BCUT2D eigenvalue weighted by Crippen LogP contribution is 2.19. The van der Waals surface area contributed by atoms with Crippen molar-refractivity contribution in [3.05, 3.63) is 48.1 Å². The Morgan fingerprint density at radius 2 is 2.31 bits per heavy atom. The second-order valence-corrected chi connectivity index (χ2v) is 3.30. The number of nitrogens with zero attached hydrogens (tertiary/aromatic N) is 4. The molecule has 0 radical (unpaired) electrons. The molecule has 4 heteroatoms. The van der Waals surface area contributed by atoms with E-state index in [-0.39, 0.29) is 0 Å². The molecule has 0 aliphatic carbocycles. The Labute approximate surface area is 93.5 Å². The van der Waals surface area contributed by atoms with E-state index in [1.54, 1.807) is 30.1 Å². The van der Waals surface area contributed by atoms with Crippen LogP contribution < -0.4 is 0 Å². The quantitative estimate of drug-likeness (QED) is 0.762. The van der Waals surface area contributed by atoms with Gasteiger partial charge in [-0.2, -0.15) is 10.4 Å². The summed E-state index contributed by atoms with van der Waals surface area (Å²) < 4.78 is 1.60. The summed E-state index contributed by atoms with van der Waals surface area (Å²) in [5.74, 6) is 0.669. The van der Waals surface area contributed by atoms with E-state index in [0.717, 1.165) is 11.3 Å². The summed E-state index contributed by atoms with van der Waals surface area (Å²) in [5.41, 5.74) is 2.15. The molecule has 0 aliphatic rings. The zero-order valence-corrected chi connectivity index (χ0v) is 8.88. The summed E-state index contributed by atoms with van der Waals surface area (Å²) in [6, 6.07) is 7.60. The van der Waals surface area contributed by atoms with Crippen LogP contribution in [0.15, 0.2) is 31.1 Å². The number of aromatic nitrogens is 3. The van der Waals surface area contributed by atoms with Crippen LogP contribution >= 0.6 is 0 Å². The van der Waals surface area contributed by atoms with Gasteiger partial charge in [-0.05, 0) is 13.0 Å². The van der Waals surface area contributed by atoms with Crippen LogP contribution in [0.1, 0.15) is 17.0 Å². The maximum Gasteiger partial charge on any atom is 0.147 e. The van der Waals surface area contributed by atoms with E-state index in [2.05, 4.69) is 22.7 Å². The fourth-order valence-electron chi connectivity index (χ4n) is 1.53. The molecule has 16 heavy (non-hydrogen) atoms. The lowest BCUT2D eigenvalue weighted by Crippen LogP contribution is -2.01. The third-order valence-corrected chi connectivity index (χ3v) is 2.24. The van der Waals surface area contributed by atoms with E-state index in [1.165, 1.54) is 0 Å². The van der Waals surface area contributed by atoms with Crippen molar-refractivity contribution in [3.8, 4) is 11.8 Å². The first kappa shape index (κ1) is 10.1. The molecule has 0 N–H and O–H groups in total. The average Bonchev–Trinajstić information content (AvgIpc) is 2.74. The smallest absolute Gasteiger partial charge is 0.147 e. The zero-order chi connectivity index (χ0) is 11.5. The molecule has 2 aromatic rings. The second kappa shape index (κ2) is 3.99. The number of para-hydroxylation sites is 1. The Kier molecular flexibility index (Phi) is 2.52. The van der Waals surface area contributed by atoms with Crippen LogP contribution in [0.2, 0.25) is 0 Å². The van der Waals surface area contributed by atoms with Gasteiger partial charge in [-0.1, -0.05) is 24.8 Å². The number of aryl methyl sites for hydroxylation is 1. The molecular weight excluding hydrogens is 200 g/mol. The van der Waals surface area contributed by atoms with Crippen LogP contribution in [0.4, 0.5) is 0 Å². The standard InChI is InChI=1S/C12H10N4/c1-3-10-5-4-6-11(7-13)12(10)16-8-14-9(2)15-16/h3-6,8H,1H2,2H3. The van der Waals surface area contributed by atoms with Gasteiger partial charge in [0, 0.05) is 5.56 Å². The minimum absolute atomic E-state index is 0.558. The fraction of sp³-hybridized carbons (Fsp3) is 0.0833. The molecule has 0 amide bonds. The summed E-state index contributed by atoms with van der Waals surface area (Å²) in [7, 11) is 0. The van der Waals surface area contributed by atoms with E-state index in [0.29, 0.717) is 11.4 Å². The van der Waals surface area contributed by atoms with Crippen LogP contribution in [-0.2, 0) is 0 Å². The van der Waals surface area contributed by atoms with Gasteiger partial charge in [0.15, 0.2) is 0 Å².